The molecule has 16 heavy (non-hydrogen) atoms. The van der Waals surface area contributed by atoms with E-state index in [4.69, 9.17) is 9.47 Å². The molecule has 0 radical (unpaired) electrons. The summed E-state index contributed by atoms with van der Waals surface area (Å²) in [4.78, 5) is 10.6. The SMILES string of the molecule is COC1O[C@H](COC(C)=O)[C@@H](O)[C@H](O)[C@H]1O. The molecule has 0 aliphatic carbocycles. The molecular formula is C9H16O7. The number of ether oxygens (including phenoxy) is 3. The molecule has 1 saturated heterocycles. The number of hydrogen-bond acceptors (Lipinski definition) is 7. The summed E-state index contributed by atoms with van der Waals surface area (Å²) in [6.45, 7) is 1.01. The van der Waals surface area contributed by atoms with Crippen LogP contribution in [0.5, 0.6) is 0 Å². The van der Waals surface area contributed by atoms with E-state index in [0.29, 0.717) is 0 Å². The van der Waals surface area contributed by atoms with E-state index < -0.39 is 36.7 Å². The summed E-state index contributed by atoms with van der Waals surface area (Å²) in [5.74, 6) is -0.523. The number of esters is 1. The van der Waals surface area contributed by atoms with Gasteiger partial charge in [0, 0.05) is 14.0 Å². The van der Waals surface area contributed by atoms with Gasteiger partial charge in [-0.05, 0) is 0 Å². The fourth-order valence-electron chi connectivity index (χ4n) is 1.45. The van der Waals surface area contributed by atoms with E-state index in [1.165, 1.54) is 14.0 Å². The van der Waals surface area contributed by atoms with Crippen LogP contribution in [0.1, 0.15) is 6.92 Å². The summed E-state index contributed by atoms with van der Waals surface area (Å²) in [5.41, 5.74) is 0. The van der Waals surface area contributed by atoms with Crippen molar-refractivity contribution in [2.24, 2.45) is 0 Å². The van der Waals surface area contributed by atoms with Crippen molar-refractivity contribution in [3.63, 3.8) is 0 Å². The Hall–Kier alpha value is -0.730. The van der Waals surface area contributed by atoms with Gasteiger partial charge in [0.05, 0.1) is 0 Å². The van der Waals surface area contributed by atoms with E-state index in [0.717, 1.165) is 0 Å². The van der Waals surface area contributed by atoms with Crippen LogP contribution in [-0.2, 0) is 19.0 Å². The maximum atomic E-state index is 10.6. The van der Waals surface area contributed by atoms with Gasteiger partial charge in [-0.2, -0.15) is 0 Å². The molecule has 94 valence electrons. The summed E-state index contributed by atoms with van der Waals surface area (Å²) < 4.78 is 14.6. The highest BCUT2D eigenvalue weighted by Gasteiger charge is 2.44. The number of aliphatic hydroxyl groups is 3. The molecule has 1 aliphatic rings. The second-order valence-corrected chi connectivity index (χ2v) is 3.55. The zero-order chi connectivity index (χ0) is 12.3. The molecule has 7 heteroatoms. The van der Waals surface area contributed by atoms with Gasteiger partial charge in [-0.15, -0.1) is 0 Å². The smallest absolute Gasteiger partial charge is 0.302 e. The lowest BCUT2D eigenvalue weighted by Crippen LogP contribution is -2.59. The molecule has 1 heterocycles. The minimum atomic E-state index is -1.40. The van der Waals surface area contributed by atoms with E-state index in [2.05, 4.69) is 4.74 Å². The standard InChI is InChI=1S/C9H16O7/c1-4(10)15-3-5-6(11)7(12)8(13)9(14-2)16-5/h5-9,11-13H,3H2,1-2H3/t5-,6-,7+,8-,9?/m1/s1. The molecule has 0 bridgehead atoms. The first-order valence-electron chi connectivity index (χ1n) is 4.83. The van der Waals surface area contributed by atoms with Crippen LogP contribution in [-0.4, -0.2) is 65.7 Å². The average molecular weight is 236 g/mol. The molecule has 1 unspecified atom stereocenters. The third-order valence-electron chi connectivity index (χ3n) is 2.35. The molecule has 1 fully saturated rings. The third-order valence-corrected chi connectivity index (χ3v) is 2.35. The molecule has 0 aromatic carbocycles. The maximum Gasteiger partial charge on any atom is 0.302 e. The van der Waals surface area contributed by atoms with Crippen LogP contribution in [0, 0.1) is 0 Å². The van der Waals surface area contributed by atoms with Crippen molar-refractivity contribution in [2.45, 2.75) is 37.6 Å². The lowest BCUT2D eigenvalue weighted by Gasteiger charge is -2.39. The van der Waals surface area contributed by atoms with Crippen molar-refractivity contribution in [1.29, 1.82) is 0 Å². The van der Waals surface area contributed by atoms with Crippen molar-refractivity contribution in [3.8, 4) is 0 Å². The average Bonchev–Trinajstić information content (AvgIpc) is 2.25. The topological polar surface area (TPSA) is 105 Å². The second kappa shape index (κ2) is 5.55. The molecule has 0 aromatic rings. The first kappa shape index (κ1) is 13.3. The lowest BCUT2D eigenvalue weighted by atomic mass is 9.99. The molecule has 3 N–H and O–H groups in total. The largest absolute Gasteiger partial charge is 0.463 e. The monoisotopic (exact) mass is 236 g/mol. The second-order valence-electron chi connectivity index (χ2n) is 3.55. The van der Waals surface area contributed by atoms with E-state index in [1.807, 2.05) is 0 Å². The molecule has 1 aliphatic heterocycles. The Balaban J connectivity index is 2.60. The van der Waals surface area contributed by atoms with Gasteiger partial charge in [0.15, 0.2) is 6.29 Å². The van der Waals surface area contributed by atoms with Crippen LogP contribution in [0.25, 0.3) is 0 Å². The van der Waals surface area contributed by atoms with Crippen LogP contribution >= 0.6 is 0 Å². The molecule has 5 atom stereocenters. The summed E-state index contributed by atoms with van der Waals surface area (Å²) in [6, 6.07) is 0. The number of carbonyl (C=O) groups is 1. The van der Waals surface area contributed by atoms with Crippen LogP contribution < -0.4 is 0 Å². The van der Waals surface area contributed by atoms with Crippen molar-refractivity contribution in [2.75, 3.05) is 13.7 Å². The lowest BCUT2D eigenvalue weighted by molar-refractivity contribution is -0.295. The molecule has 0 saturated carbocycles. The predicted octanol–water partition coefficient (Wildman–Crippen LogP) is -2.00. The van der Waals surface area contributed by atoms with Crippen molar-refractivity contribution < 1.29 is 34.3 Å². The first-order valence-corrected chi connectivity index (χ1v) is 4.83. The summed E-state index contributed by atoms with van der Waals surface area (Å²) >= 11 is 0. The molecule has 0 amide bonds. The Kier molecular flexibility index (Phi) is 4.63. The van der Waals surface area contributed by atoms with E-state index in [9.17, 15) is 20.1 Å². The van der Waals surface area contributed by atoms with Crippen molar-refractivity contribution in [3.05, 3.63) is 0 Å². The Morgan fingerprint density at radius 1 is 1.25 bits per heavy atom. The highest BCUT2D eigenvalue weighted by atomic mass is 16.7. The van der Waals surface area contributed by atoms with Crippen LogP contribution in [0.3, 0.4) is 0 Å². The summed E-state index contributed by atoms with van der Waals surface area (Å²) in [6.07, 6.45) is -6.06. The van der Waals surface area contributed by atoms with Crippen LogP contribution in [0.2, 0.25) is 0 Å². The zero-order valence-electron chi connectivity index (χ0n) is 9.07. The zero-order valence-corrected chi connectivity index (χ0v) is 9.07. The van der Waals surface area contributed by atoms with Gasteiger partial charge in [-0.25, -0.2) is 0 Å². The summed E-state index contributed by atoms with van der Waals surface area (Å²) in [7, 11) is 1.29. The minimum absolute atomic E-state index is 0.208. The Morgan fingerprint density at radius 2 is 1.88 bits per heavy atom. The van der Waals surface area contributed by atoms with Gasteiger partial charge < -0.3 is 29.5 Å². The normalized spacial score (nSPS) is 39.4. The highest BCUT2D eigenvalue weighted by Crippen LogP contribution is 2.21. The Labute approximate surface area is 92.5 Å². The van der Waals surface area contributed by atoms with Crippen LogP contribution in [0.4, 0.5) is 0 Å². The van der Waals surface area contributed by atoms with Crippen molar-refractivity contribution >= 4 is 5.97 Å². The van der Waals surface area contributed by atoms with Gasteiger partial charge in [-0.1, -0.05) is 0 Å². The minimum Gasteiger partial charge on any atom is -0.463 e. The number of hydrogen-bond donors (Lipinski definition) is 3. The third kappa shape index (κ3) is 2.89. The molecule has 1 rings (SSSR count). The van der Waals surface area contributed by atoms with E-state index in [1.54, 1.807) is 0 Å². The number of aliphatic hydroxyl groups excluding tert-OH is 3. The van der Waals surface area contributed by atoms with Crippen LogP contribution in [0.15, 0.2) is 0 Å². The predicted molar refractivity (Wildman–Crippen MR) is 50.3 cm³/mol. The first-order chi connectivity index (χ1) is 7.47. The number of methoxy groups -OCH3 is 1. The van der Waals surface area contributed by atoms with E-state index >= 15 is 0 Å². The van der Waals surface area contributed by atoms with Gasteiger partial charge >= 0.3 is 5.97 Å². The molecule has 7 nitrogen and oxygen atoms in total. The van der Waals surface area contributed by atoms with Crippen molar-refractivity contribution in [1.82, 2.24) is 0 Å². The fraction of sp³-hybridized carbons (Fsp3) is 0.889. The number of rotatable bonds is 3. The Bertz CT molecular complexity index is 242. The molecule has 0 aromatic heterocycles. The maximum absolute atomic E-state index is 10.6. The van der Waals surface area contributed by atoms with Gasteiger partial charge in [-0.3, -0.25) is 4.79 Å². The summed E-state index contributed by atoms with van der Waals surface area (Å²) in [5, 5.41) is 28.5. The fourth-order valence-corrected chi connectivity index (χ4v) is 1.45. The quantitative estimate of drug-likeness (QED) is 0.487. The highest BCUT2D eigenvalue weighted by molar-refractivity contribution is 5.65. The molecule has 0 spiro atoms. The van der Waals surface area contributed by atoms with Gasteiger partial charge in [0.25, 0.3) is 0 Å². The van der Waals surface area contributed by atoms with Gasteiger partial charge in [0.2, 0.25) is 0 Å². The molecular weight excluding hydrogens is 220 g/mol. The number of carbonyl (C=O) groups excluding carboxylic acids is 1. The van der Waals surface area contributed by atoms with E-state index in [-0.39, 0.29) is 6.61 Å². The Morgan fingerprint density at radius 3 is 2.38 bits per heavy atom. The van der Waals surface area contributed by atoms with Gasteiger partial charge in [0.1, 0.15) is 31.0 Å².